The fourth-order valence-corrected chi connectivity index (χ4v) is 3.11. The minimum atomic E-state index is -1.27. The van der Waals surface area contributed by atoms with Crippen LogP contribution in [0.2, 0.25) is 0 Å². The van der Waals surface area contributed by atoms with E-state index in [0.717, 1.165) is 25.2 Å². The first-order chi connectivity index (χ1) is 15.1. The number of carbonyl (C=O) groups is 1. The Morgan fingerprint density at radius 1 is 1.16 bits per heavy atom. The van der Waals surface area contributed by atoms with Crippen LogP contribution in [-0.4, -0.2) is 53.7 Å². The van der Waals surface area contributed by atoms with Gasteiger partial charge in [0.2, 0.25) is 0 Å². The van der Waals surface area contributed by atoms with E-state index in [9.17, 15) is 23.1 Å². The maximum atomic E-state index is 14.3. The van der Waals surface area contributed by atoms with Crippen LogP contribution in [0.3, 0.4) is 0 Å². The summed E-state index contributed by atoms with van der Waals surface area (Å²) >= 11 is 0. The van der Waals surface area contributed by atoms with E-state index in [1.54, 1.807) is 19.9 Å². The Kier molecular flexibility index (Phi) is 8.65. The predicted octanol–water partition coefficient (Wildman–Crippen LogP) is 3.31. The zero-order valence-corrected chi connectivity index (χ0v) is 18.8. The topological polar surface area (TPSA) is 90.6 Å². The van der Waals surface area contributed by atoms with E-state index in [2.05, 4.69) is 10.6 Å². The van der Waals surface area contributed by atoms with Crippen LogP contribution in [0.5, 0.6) is 0 Å². The van der Waals surface area contributed by atoms with Gasteiger partial charge in [-0.3, -0.25) is 4.79 Å². The summed E-state index contributed by atoms with van der Waals surface area (Å²) in [5, 5.41) is 15.3. The molecular weight excluding hydrogens is 421 g/mol. The average Bonchev–Trinajstić information content (AvgIpc) is 2.71. The van der Waals surface area contributed by atoms with Crippen molar-refractivity contribution in [3.05, 3.63) is 58.9 Å². The largest absolute Gasteiger partial charge is 0.386 e. The Labute approximate surface area is 186 Å². The molecule has 176 valence electrons. The minimum absolute atomic E-state index is 0.0697. The molecule has 0 aliphatic carbocycles. The van der Waals surface area contributed by atoms with Crippen LogP contribution in [0.4, 0.5) is 24.5 Å². The van der Waals surface area contributed by atoms with Gasteiger partial charge in [-0.2, -0.15) is 0 Å². The highest BCUT2D eigenvalue weighted by Gasteiger charge is 2.40. The third-order valence-electron chi connectivity index (χ3n) is 4.87. The molecule has 0 aromatic heterocycles. The molecule has 2 aliphatic heterocycles. The fourth-order valence-electron chi connectivity index (χ4n) is 3.11. The van der Waals surface area contributed by atoms with Crippen molar-refractivity contribution in [3.63, 3.8) is 0 Å². The van der Waals surface area contributed by atoms with Crippen LogP contribution in [0.25, 0.3) is 0 Å². The molecule has 0 atom stereocenters. The van der Waals surface area contributed by atoms with Crippen LogP contribution < -0.4 is 16.4 Å². The summed E-state index contributed by atoms with van der Waals surface area (Å²) in [6, 6.07) is 6.68. The lowest BCUT2D eigenvalue weighted by Gasteiger charge is -2.44. The van der Waals surface area contributed by atoms with Crippen molar-refractivity contribution in [2.24, 2.45) is 5.73 Å². The summed E-state index contributed by atoms with van der Waals surface area (Å²) in [5.74, 6) is -3.63. The van der Waals surface area contributed by atoms with Crippen LogP contribution in [-0.2, 0) is 0 Å². The molecule has 0 saturated carbocycles. The van der Waals surface area contributed by atoms with E-state index in [0.29, 0.717) is 11.6 Å². The number of amides is 1. The van der Waals surface area contributed by atoms with Crippen molar-refractivity contribution in [1.29, 1.82) is 0 Å². The SMILES string of the molecule is CC.Cc1ccc(Nc2c(C(=O)N3CC(C)(O)C3)ccc(F)c2F)c(F)c1.NC1CNC1. The van der Waals surface area contributed by atoms with E-state index < -0.39 is 34.6 Å². The number of hydrogen-bond acceptors (Lipinski definition) is 5. The van der Waals surface area contributed by atoms with Crippen molar-refractivity contribution in [1.82, 2.24) is 10.2 Å². The van der Waals surface area contributed by atoms with E-state index in [4.69, 9.17) is 5.73 Å². The summed E-state index contributed by atoms with van der Waals surface area (Å²) in [4.78, 5) is 13.8. The molecule has 0 radical (unpaired) electrons. The molecule has 4 rings (SSSR count). The van der Waals surface area contributed by atoms with Gasteiger partial charge in [-0.25, -0.2) is 13.2 Å². The standard InChI is InChI=1S/C18H17F3N2O2.C3H8N2.C2H6/c1-10-3-6-14(13(20)7-10)22-16-11(4-5-12(19)15(16)21)17(24)23-8-18(2,25)9-23;4-3-1-5-2-3;1-2/h3-7,22,25H,8-9H2,1-2H3;3,5H,1-2,4H2;1-2H3. The molecule has 0 spiro atoms. The molecule has 1 amide bonds. The second-order valence-corrected chi connectivity index (χ2v) is 7.97. The normalized spacial score (nSPS) is 16.5. The van der Waals surface area contributed by atoms with Gasteiger partial charge in [0.05, 0.1) is 35.6 Å². The zero-order valence-electron chi connectivity index (χ0n) is 18.8. The number of carbonyl (C=O) groups excluding carboxylic acids is 1. The van der Waals surface area contributed by atoms with Gasteiger partial charge >= 0.3 is 0 Å². The van der Waals surface area contributed by atoms with Crippen LogP contribution in [0.1, 0.15) is 36.7 Å². The molecule has 2 saturated heterocycles. The Morgan fingerprint density at radius 2 is 1.75 bits per heavy atom. The molecule has 6 nitrogen and oxygen atoms in total. The molecule has 2 fully saturated rings. The van der Waals surface area contributed by atoms with E-state index >= 15 is 0 Å². The Bertz CT molecular complexity index is 941. The van der Waals surface area contributed by atoms with Crippen LogP contribution in [0.15, 0.2) is 30.3 Å². The summed E-state index contributed by atoms with van der Waals surface area (Å²) < 4.78 is 41.9. The monoisotopic (exact) mass is 452 g/mol. The van der Waals surface area contributed by atoms with Gasteiger partial charge in [0.15, 0.2) is 11.6 Å². The van der Waals surface area contributed by atoms with Gasteiger partial charge < -0.3 is 26.4 Å². The van der Waals surface area contributed by atoms with E-state index in [1.807, 2.05) is 13.8 Å². The number of anilines is 2. The van der Waals surface area contributed by atoms with Gasteiger partial charge in [-0.15, -0.1) is 0 Å². The highest BCUT2D eigenvalue weighted by molar-refractivity contribution is 6.01. The number of benzene rings is 2. The summed E-state index contributed by atoms with van der Waals surface area (Å²) in [6.07, 6.45) is 0. The number of nitrogens with two attached hydrogens (primary N) is 1. The van der Waals surface area contributed by atoms with Gasteiger partial charge in [0.1, 0.15) is 5.82 Å². The lowest BCUT2D eigenvalue weighted by Crippen LogP contribution is -2.61. The number of aryl methyl sites for hydroxylation is 1. The van der Waals surface area contributed by atoms with Gasteiger partial charge in [-0.1, -0.05) is 19.9 Å². The number of nitrogens with one attached hydrogen (secondary N) is 2. The average molecular weight is 453 g/mol. The number of nitrogens with zero attached hydrogens (tertiary/aromatic N) is 1. The molecule has 9 heteroatoms. The quantitative estimate of drug-likeness (QED) is 0.574. The van der Waals surface area contributed by atoms with E-state index in [1.165, 1.54) is 17.0 Å². The molecule has 0 unspecified atom stereocenters. The third-order valence-corrected chi connectivity index (χ3v) is 4.87. The first kappa shape index (κ1) is 25.6. The molecule has 2 aliphatic rings. The predicted molar refractivity (Wildman–Crippen MR) is 119 cm³/mol. The first-order valence-electron chi connectivity index (χ1n) is 10.6. The zero-order chi connectivity index (χ0) is 24.1. The number of halogens is 3. The van der Waals surface area contributed by atoms with Crippen molar-refractivity contribution < 1.29 is 23.1 Å². The molecule has 0 bridgehead atoms. The number of aliphatic hydroxyl groups is 1. The van der Waals surface area contributed by atoms with Crippen LogP contribution >= 0.6 is 0 Å². The maximum absolute atomic E-state index is 14.3. The number of β-amino-alcohol motifs (C(OH)–C–C–N with tert-alkyl or cyclic N) is 1. The number of rotatable bonds is 3. The van der Waals surface area contributed by atoms with Gasteiger partial charge in [0, 0.05) is 19.1 Å². The fraction of sp³-hybridized carbons (Fsp3) is 0.435. The highest BCUT2D eigenvalue weighted by atomic mass is 19.2. The van der Waals surface area contributed by atoms with Crippen LogP contribution in [0, 0.1) is 24.4 Å². The molecule has 2 aromatic carbocycles. The second kappa shape index (κ2) is 10.8. The summed E-state index contributed by atoms with van der Waals surface area (Å²) in [5.41, 5.74) is 4.36. The summed E-state index contributed by atoms with van der Waals surface area (Å²) in [7, 11) is 0. The Balaban J connectivity index is 0.000000448. The Morgan fingerprint density at radius 3 is 2.22 bits per heavy atom. The van der Waals surface area contributed by atoms with Crippen molar-refractivity contribution >= 4 is 17.3 Å². The molecule has 2 aromatic rings. The lowest BCUT2D eigenvalue weighted by atomic mass is 9.95. The Hall–Kier alpha value is -2.62. The summed E-state index contributed by atoms with van der Waals surface area (Å²) in [6.45, 7) is 9.47. The second-order valence-electron chi connectivity index (χ2n) is 7.97. The molecule has 5 N–H and O–H groups in total. The molecular formula is C23H31F3N4O2. The van der Waals surface area contributed by atoms with Gasteiger partial charge in [0.25, 0.3) is 5.91 Å². The third kappa shape index (κ3) is 6.21. The first-order valence-corrected chi connectivity index (χ1v) is 10.6. The minimum Gasteiger partial charge on any atom is -0.386 e. The number of hydrogen-bond donors (Lipinski definition) is 4. The van der Waals surface area contributed by atoms with Gasteiger partial charge in [-0.05, 0) is 43.7 Å². The van der Waals surface area contributed by atoms with Crippen molar-refractivity contribution in [3.8, 4) is 0 Å². The number of likely N-dealkylation sites (tertiary alicyclic amines) is 1. The lowest BCUT2D eigenvalue weighted by molar-refractivity contribution is -0.0668. The smallest absolute Gasteiger partial charge is 0.256 e. The maximum Gasteiger partial charge on any atom is 0.256 e. The molecule has 32 heavy (non-hydrogen) atoms. The molecule has 2 heterocycles. The van der Waals surface area contributed by atoms with Crippen molar-refractivity contribution in [2.75, 3.05) is 31.5 Å². The van der Waals surface area contributed by atoms with Crippen molar-refractivity contribution in [2.45, 2.75) is 39.3 Å². The van der Waals surface area contributed by atoms with E-state index in [-0.39, 0.29) is 24.3 Å². The highest BCUT2D eigenvalue weighted by Crippen LogP contribution is 2.31.